The number of amides is 1. The number of anilines is 1. The molecule has 1 aromatic rings. The molecule has 3 N–H and O–H groups in total. The Bertz CT molecular complexity index is 422. The Labute approximate surface area is 96.0 Å². The number of nitrogens with one attached hydrogen (secondary N) is 1. The minimum Gasteiger partial charge on any atom is -0.398 e. The van der Waals surface area contributed by atoms with Crippen LogP contribution in [0.25, 0.3) is 0 Å². The summed E-state index contributed by atoms with van der Waals surface area (Å²) >= 11 is 0. The van der Waals surface area contributed by atoms with Crippen LogP contribution < -0.4 is 11.1 Å². The van der Waals surface area contributed by atoms with Gasteiger partial charge in [-0.3, -0.25) is 4.79 Å². The zero-order valence-corrected chi connectivity index (χ0v) is 9.84. The van der Waals surface area contributed by atoms with Crippen LogP contribution in [0.2, 0.25) is 0 Å². The predicted molar refractivity (Wildman–Crippen MR) is 65.3 cm³/mol. The third-order valence-electron chi connectivity index (χ3n) is 3.23. The molecule has 3 nitrogen and oxygen atoms in total. The number of aryl methyl sites for hydroxylation is 1. The maximum absolute atomic E-state index is 11.9. The van der Waals surface area contributed by atoms with Gasteiger partial charge in [0.05, 0.1) is 5.56 Å². The molecule has 1 fully saturated rings. The first-order valence-corrected chi connectivity index (χ1v) is 5.65. The average Bonchev–Trinajstić information content (AvgIpc) is 2.97. The molecule has 1 aliphatic rings. The van der Waals surface area contributed by atoms with Crippen molar-refractivity contribution in [3.8, 4) is 0 Å². The van der Waals surface area contributed by atoms with Crippen LogP contribution in [0.3, 0.4) is 0 Å². The Morgan fingerprint density at radius 3 is 2.81 bits per heavy atom. The van der Waals surface area contributed by atoms with Gasteiger partial charge >= 0.3 is 0 Å². The predicted octanol–water partition coefficient (Wildman–Crippen LogP) is 2.11. The molecule has 1 saturated carbocycles. The molecule has 0 radical (unpaired) electrons. The van der Waals surface area contributed by atoms with Crippen molar-refractivity contribution in [3.05, 3.63) is 29.3 Å². The molecule has 0 unspecified atom stereocenters. The van der Waals surface area contributed by atoms with E-state index in [1.54, 1.807) is 6.07 Å². The highest BCUT2D eigenvalue weighted by Gasteiger charge is 2.37. The number of carbonyl (C=O) groups is 1. The highest BCUT2D eigenvalue weighted by Crippen LogP contribution is 2.44. The number of nitrogens with two attached hydrogens (primary N) is 1. The number of rotatable bonds is 3. The Hall–Kier alpha value is -1.51. The van der Waals surface area contributed by atoms with Gasteiger partial charge in [-0.15, -0.1) is 0 Å². The van der Waals surface area contributed by atoms with Crippen LogP contribution in [0.5, 0.6) is 0 Å². The molecule has 1 aliphatic carbocycles. The van der Waals surface area contributed by atoms with E-state index in [1.165, 1.54) is 12.8 Å². The van der Waals surface area contributed by atoms with Gasteiger partial charge in [-0.05, 0) is 37.3 Å². The van der Waals surface area contributed by atoms with E-state index < -0.39 is 0 Å². The van der Waals surface area contributed by atoms with Crippen molar-refractivity contribution in [1.82, 2.24) is 5.32 Å². The molecular formula is C13H18N2O. The highest BCUT2D eigenvalue weighted by atomic mass is 16.1. The van der Waals surface area contributed by atoms with Gasteiger partial charge in [-0.1, -0.05) is 18.6 Å². The van der Waals surface area contributed by atoms with Crippen molar-refractivity contribution < 1.29 is 4.79 Å². The minimum atomic E-state index is -0.0608. The van der Waals surface area contributed by atoms with E-state index in [9.17, 15) is 4.79 Å². The van der Waals surface area contributed by atoms with Crippen molar-refractivity contribution >= 4 is 11.6 Å². The van der Waals surface area contributed by atoms with Crippen molar-refractivity contribution in [1.29, 1.82) is 0 Å². The second-order valence-corrected chi connectivity index (χ2v) is 5.08. The first-order chi connectivity index (χ1) is 7.50. The number of hydrogen-bond acceptors (Lipinski definition) is 2. The van der Waals surface area contributed by atoms with Gasteiger partial charge < -0.3 is 11.1 Å². The molecular weight excluding hydrogens is 200 g/mol. The Morgan fingerprint density at radius 2 is 2.19 bits per heavy atom. The topological polar surface area (TPSA) is 55.1 Å². The molecule has 1 aromatic carbocycles. The Kier molecular flexibility index (Phi) is 2.62. The van der Waals surface area contributed by atoms with Crippen LogP contribution in [0.4, 0.5) is 5.69 Å². The fourth-order valence-electron chi connectivity index (χ4n) is 1.65. The van der Waals surface area contributed by atoms with Gasteiger partial charge in [0.2, 0.25) is 0 Å². The van der Waals surface area contributed by atoms with Gasteiger partial charge in [0.15, 0.2) is 0 Å². The zero-order chi connectivity index (χ0) is 11.8. The standard InChI is InChI=1S/C13H18N2O/c1-9-3-4-11(14)10(7-9)12(16)15-8-13(2)5-6-13/h3-4,7H,5-6,8,14H2,1-2H3,(H,15,16). The van der Waals surface area contributed by atoms with Gasteiger partial charge in [0.1, 0.15) is 0 Å². The molecule has 0 spiro atoms. The molecule has 1 amide bonds. The second kappa shape index (κ2) is 3.81. The summed E-state index contributed by atoms with van der Waals surface area (Å²) in [6.45, 7) is 4.89. The minimum absolute atomic E-state index is 0.0608. The summed E-state index contributed by atoms with van der Waals surface area (Å²) in [4.78, 5) is 11.9. The van der Waals surface area contributed by atoms with Crippen LogP contribution in [0.15, 0.2) is 18.2 Å². The molecule has 0 aromatic heterocycles. The fourth-order valence-corrected chi connectivity index (χ4v) is 1.65. The lowest BCUT2D eigenvalue weighted by Gasteiger charge is -2.11. The molecule has 2 rings (SSSR count). The van der Waals surface area contributed by atoms with Gasteiger partial charge in [-0.2, -0.15) is 0 Å². The third kappa shape index (κ3) is 2.35. The summed E-state index contributed by atoms with van der Waals surface area (Å²) in [7, 11) is 0. The van der Waals surface area contributed by atoms with E-state index in [4.69, 9.17) is 5.73 Å². The lowest BCUT2D eigenvalue weighted by molar-refractivity contribution is 0.0947. The van der Waals surface area contributed by atoms with Gasteiger partial charge in [0, 0.05) is 12.2 Å². The van der Waals surface area contributed by atoms with E-state index in [0.29, 0.717) is 16.7 Å². The Morgan fingerprint density at radius 1 is 1.50 bits per heavy atom. The number of benzene rings is 1. The monoisotopic (exact) mass is 218 g/mol. The molecule has 16 heavy (non-hydrogen) atoms. The maximum atomic E-state index is 11.9. The third-order valence-corrected chi connectivity index (χ3v) is 3.23. The summed E-state index contributed by atoms with van der Waals surface area (Å²) in [5, 5.41) is 2.95. The molecule has 86 valence electrons. The quantitative estimate of drug-likeness (QED) is 0.763. The summed E-state index contributed by atoms with van der Waals surface area (Å²) in [5.41, 5.74) is 8.30. The SMILES string of the molecule is Cc1ccc(N)c(C(=O)NCC2(C)CC2)c1. The van der Waals surface area contributed by atoms with E-state index in [1.807, 2.05) is 19.1 Å². The normalized spacial score (nSPS) is 16.9. The molecule has 3 heteroatoms. The zero-order valence-electron chi connectivity index (χ0n) is 9.84. The first-order valence-electron chi connectivity index (χ1n) is 5.65. The number of nitrogen functional groups attached to an aromatic ring is 1. The number of carbonyl (C=O) groups excluding carboxylic acids is 1. The summed E-state index contributed by atoms with van der Waals surface area (Å²) in [6, 6.07) is 5.53. The van der Waals surface area contributed by atoms with E-state index in [2.05, 4.69) is 12.2 Å². The molecule has 0 saturated heterocycles. The number of hydrogen-bond donors (Lipinski definition) is 2. The van der Waals surface area contributed by atoms with E-state index >= 15 is 0 Å². The summed E-state index contributed by atoms with van der Waals surface area (Å²) in [5.74, 6) is -0.0608. The van der Waals surface area contributed by atoms with Crippen molar-refractivity contribution in [3.63, 3.8) is 0 Å². The molecule has 0 heterocycles. The lowest BCUT2D eigenvalue weighted by Crippen LogP contribution is -2.29. The summed E-state index contributed by atoms with van der Waals surface area (Å²) in [6.07, 6.45) is 2.41. The first kappa shape index (κ1) is 11.0. The molecule has 0 atom stereocenters. The smallest absolute Gasteiger partial charge is 0.253 e. The van der Waals surface area contributed by atoms with E-state index in [0.717, 1.165) is 12.1 Å². The average molecular weight is 218 g/mol. The van der Waals surface area contributed by atoms with Crippen molar-refractivity contribution in [2.45, 2.75) is 26.7 Å². The van der Waals surface area contributed by atoms with Gasteiger partial charge in [-0.25, -0.2) is 0 Å². The van der Waals surface area contributed by atoms with Crippen LogP contribution >= 0.6 is 0 Å². The van der Waals surface area contributed by atoms with Gasteiger partial charge in [0.25, 0.3) is 5.91 Å². The lowest BCUT2D eigenvalue weighted by atomic mass is 10.1. The maximum Gasteiger partial charge on any atom is 0.253 e. The summed E-state index contributed by atoms with van der Waals surface area (Å²) < 4.78 is 0. The highest BCUT2D eigenvalue weighted by molar-refractivity contribution is 5.99. The van der Waals surface area contributed by atoms with Crippen LogP contribution in [0.1, 0.15) is 35.7 Å². The Balaban J connectivity index is 2.05. The van der Waals surface area contributed by atoms with E-state index in [-0.39, 0.29) is 5.91 Å². The van der Waals surface area contributed by atoms with Crippen LogP contribution in [-0.2, 0) is 0 Å². The second-order valence-electron chi connectivity index (χ2n) is 5.08. The van der Waals surface area contributed by atoms with Crippen LogP contribution in [0, 0.1) is 12.3 Å². The fraction of sp³-hybridized carbons (Fsp3) is 0.462. The molecule has 0 bridgehead atoms. The van der Waals surface area contributed by atoms with Crippen molar-refractivity contribution in [2.75, 3.05) is 12.3 Å². The van der Waals surface area contributed by atoms with Crippen molar-refractivity contribution in [2.24, 2.45) is 5.41 Å². The van der Waals surface area contributed by atoms with Crippen LogP contribution in [-0.4, -0.2) is 12.5 Å². The molecule has 0 aliphatic heterocycles. The largest absolute Gasteiger partial charge is 0.398 e.